The minimum absolute atomic E-state index is 0.119. The summed E-state index contributed by atoms with van der Waals surface area (Å²) in [6.45, 7) is 3.61. The van der Waals surface area contributed by atoms with E-state index in [4.69, 9.17) is 9.84 Å². The molecule has 0 fully saturated rings. The molecule has 0 atom stereocenters. The first-order valence-corrected chi connectivity index (χ1v) is 7.09. The average molecular weight is 394 g/mol. The largest absolute Gasteiger partial charge is 0.478 e. The highest BCUT2D eigenvalue weighted by Gasteiger charge is 2.14. The van der Waals surface area contributed by atoms with Crippen molar-refractivity contribution in [2.75, 3.05) is 0 Å². The van der Waals surface area contributed by atoms with E-state index in [2.05, 4.69) is 11.1 Å². The molecule has 0 aliphatic rings. The molecule has 0 aliphatic carbocycles. The van der Waals surface area contributed by atoms with E-state index in [9.17, 15) is 10.1 Å². The molecule has 0 aliphatic heterocycles. The number of nitriles is 1. The molecule has 0 unspecified atom stereocenters. The van der Waals surface area contributed by atoms with Gasteiger partial charge in [0.05, 0.1) is 9.13 Å². The first-order valence-electron chi connectivity index (χ1n) is 6.01. The van der Waals surface area contributed by atoms with Crippen molar-refractivity contribution >= 4 is 28.6 Å². The molecule has 0 radical (unpaired) electrons. The molecule has 106 valence electrons. The standard InChI is InChI=1S/C15H11IN2O3/c1-8-5-9(2)18-14(11(8)7-17)21-13-6-10(15(19)20)3-4-12(13)16/h3-6H,1-2H3,(H,19,20). The molecule has 0 saturated heterocycles. The molecule has 2 aromatic rings. The second kappa shape index (κ2) is 6.10. The predicted octanol–water partition coefficient (Wildman–Crippen LogP) is 3.67. The Bertz CT molecular complexity index is 766. The van der Waals surface area contributed by atoms with Gasteiger partial charge in [-0.05, 0) is 66.3 Å². The van der Waals surface area contributed by atoms with E-state index in [0.29, 0.717) is 11.3 Å². The number of ether oxygens (including phenoxy) is 1. The maximum atomic E-state index is 11.0. The molecule has 1 aromatic heterocycles. The monoisotopic (exact) mass is 394 g/mol. The van der Waals surface area contributed by atoms with Gasteiger partial charge in [0, 0.05) is 5.69 Å². The van der Waals surface area contributed by atoms with Gasteiger partial charge in [-0.3, -0.25) is 0 Å². The Morgan fingerprint density at radius 1 is 1.38 bits per heavy atom. The summed E-state index contributed by atoms with van der Waals surface area (Å²) in [7, 11) is 0. The summed E-state index contributed by atoms with van der Waals surface area (Å²) in [6.07, 6.45) is 0. The lowest BCUT2D eigenvalue weighted by atomic mass is 10.1. The van der Waals surface area contributed by atoms with E-state index >= 15 is 0 Å². The summed E-state index contributed by atoms with van der Waals surface area (Å²) in [5.74, 6) is -0.481. The van der Waals surface area contributed by atoms with Crippen LogP contribution in [0, 0.1) is 28.7 Å². The van der Waals surface area contributed by atoms with Crippen molar-refractivity contribution in [2.45, 2.75) is 13.8 Å². The van der Waals surface area contributed by atoms with E-state index in [1.807, 2.05) is 22.6 Å². The molecule has 0 saturated carbocycles. The Balaban J connectivity index is 2.50. The minimum atomic E-state index is -1.04. The van der Waals surface area contributed by atoms with Crippen molar-refractivity contribution < 1.29 is 14.6 Å². The van der Waals surface area contributed by atoms with Gasteiger partial charge in [0.2, 0.25) is 5.88 Å². The number of aromatic carboxylic acids is 1. The Morgan fingerprint density at radius 3 is 2.71 bits per heavy atom. The third kappa shape index (κ3) is 3.31. The summed E-state index contributed by atoms with van der Waals surface area (Å²) < 4.78 is 6.42. The van der Waals surface area contributed by atoms with Crippen LogP contribution in [0.4, 0.5) is 0 Å². The molecule has 1 aromatic carbocycles. The second-order valence-electron chi connectivity index (χ2n) is 4.42. The topological polar surface area (TPSA) is 83.2 Å². The fourth-order valence-corrected chi connectivity index (χ4v) is 2.28. The van der Waals surface area contributed by atoms with Gasteiger partial charge in [-0.15, -0.1) is 0 Å². The Kier molecular flexibility index (Phi) is 4.43. The van der Waals surface area contributed by atoms with Gasteiger partial charge in [0.25, 0.3) is 0 Å². The third-order valence-corrected chi connectivity index (χ3v) is 3.70. The van der Waals surface area contributed by atoms with Gasteiger partial charge in [0.1, 0.15) is 17.4 Å². The van der Waals surface area contributed by atoms with Crippen LogP contribution in [0.2, 0.25) is 0 Å². The number of aryl methyl sites for hydroxylation is 2. The predicted molar refractivity (Wildman–Crippen MR) is 84.6 cm³/mol. The lowest BCUT2D eigenvalue weighted by molar-refractivity contribution is 0.0696. The number of carbonyl (C=O) groups is 1. The van der Waals surface area contributed by atoms with Crippen LogP contribution < -0.4 is 4.74 Å². The van der Waals surface area contributed by atoms with Gasteiger partial charge in [-0.1, -0.05) is 0 Å². The van der Waals surface area contributed by atoms with Crippen LogP contribution >= 0.6 is 22.6 Å². The van der Waals surface area contributed by atoms with Crippen molar-refractivity contribution in [1.29, 1.82) is 5.26 Å². The molecule has 0 bridgehead atoms. The quantitative estimate of drug-likeness (QED) is 0.804. The lowest BCUT2D eigenvalue weighted by Crippen LogP contribution is -2.00. The summed E-state index contributed by atoms with van der Waals surface area (Å²) >= 11 is 2.04. The number of hydrogen-bond acceptors (Lipinski definition) is 4. The number of carboxylic acids is 1. The van der Waals surface area contributed by atoms with Gasteiger partial charge in [-0.2, -0.15) is 5.26 Å². The fourth-order valence-electron chi connectivity index (χ4n) is 1.83. The van der Waals surface area contributed by atoms with Gasteiger partial charge in [0.15, 0.2) is 0 Å². The second-order valence-corrected chi connectivity index (χ2v) is 5.59. The molecular formula is C15H11IN2O3. The van der Waals surface area contributed by atoms with Crippen LogP contribution in [-0.4, -0.2) is 16.1 Å². The maximum Gasteiger partial charge on any atom is 0.335 e. The van der Waals surface area contributed by atoms with Crippen molar-refractivity contribution in [3.8, 4) is 17.7 Å². The van der Waals surface area contributed by atoms with Gasteiger partial charge in [-0.25, -0.2) is 9.78 Å². The number of halogens is 1. The molecule has 0 amide bonds. The number of pyridine rings is 1. The van der Waals surface area contributed by atoms with Crippen LogP contribution in [0.1, 0.15) is 27.2 Å². The summed E-state index contributed by atoms with van der Waals surface area (Å²) in [6, 6.07) is 8.42. The van der Waals surface area contributed by atoms with Crippen LogP contribution in [0.25, 0.3) is 0 Å². The Hall–Kier alpha value is -2.14. The molecule has 0 spiro atoms. The number of hydrogen-bond donors (Lipinski definition) is 1. The molecule has 1 N–H and O–H groups in total. The first-order chi connectivity index (χ1) is 9.92. The normalized spacial score (nSPS) is 10.0. The van der Waals surface area contributed by atoms with Crippen molar-refractivity contribution in [3.63, 3.8) is 0 Å². The van der Waals surface area contributed by atoms with Gasteiger partial charge >= 0.3 is 5.97 Å². The fraction of sp³-hybridized carbons (Fsp3) is 0.133. The van der Waals surface area contributed by atoms with E-state index in [1.54, 1.807) is 26.0 Å². The average Bonchev–Trinajstić information content (AvgIpc) is 2.40. The number of nitrogens with zero attached hydrogens (tertiary/aromatic N) is 2. The summed E-state index contributed by atoms with van der Waals surface area (Å²) in [5.41, 5.74) is 1.96. The lowest BCUT2D eigenvalue weighted by Gasteiger charge is -2.11. The van der Waals surface area contributed by atoms with Crippen molar-refractivity contribution in [3.05, 3.63) is 50.2 Å². The highest BCUT2D eigenvalue weighted by Crippen LogP contribution is 2.30. The number of benzene rings is 1. The zero-order chi connectivity index (χ0) is 15.6. The smallest absolute Gasteiger partial charge is 0.335 e. The minimum Gasteiger partial charge on any atom is -0.478 e. The molecular weight excluding hydrogens is 383 g/mol. The van der Waals surface area contributed by atoms with E-state index in [-0.39, 0.29) is 11.4 Å². The number of rotatable bonds is 3. The van der Waals surface area contributed by atoms with Crippen LogP contribution in [0.5, 0.6) is 11.6 Å². The van der Waals surface area contributed by atoms with E-state index in [0.717, 1.165) is 14.8 Å². The SMILES string of the molecule is Cc1cc(C)c(C#N)c(Oc2cc(C(=O)O)ccc2I)n1. The summed E-state index contributed by atoms with van der Waals surface area (Å²) in [4.78, 5) is 15.2. The zero-order valence-corrected chi connectivity index (χ0v) is 13.5. The van der Waals surface area contributed by atoms with Crippen LogP contribution in [-0.2, 0) is 0 Å². The number of aromatic nitrogens is 1. The molecule has 5 nitrogen and oxygen atoms in total. The highest BCUT2D eigenvalue weighted by atomic mass is 127. The molecule has 21 heavy (non-hydrogen) atoms. The first kappa shape index (κ1) is 15.3. The van der Waals surface area contributed by atoms with Gasteiger partial charge < -0.3 is 9.84 Å². The van der Waals surface area contributed by atoms with Crippen molar-refractivity contribution in [1.82, 2.24) is 4.98 Å². The van der Waals surface area contributed by atoms with Crippen LogP contribution in [0.3, 0.4) is 0 Å². The van der Waals surface area contributed by atoms with E-state index in [1.165, 1.54) is 12.1 Å². The zero-order valence-electron chi connectivity index (χ0n) is 11.3. The highest BCUT2D eigenvalue weighted by molar-refractivity contribution is 14.1. The Labute approximate surface area is 135 Å². The maximum absolute atomic E-state index is 11.0. The molecule has 2 rings (SSSR count). The molecule has 1 heterocycles. The third-order valence-electron chi connectivity index (χ3n) is 2.81. The van der Waals surface area contributed by atoms with E-state index < -0.39 is 5.97 Å². The summed E-state index contributed by atoms with van der Waals surface area (Å²) in [5, 5.41) is 18.2. The number of carboxylic acid groups (broad SMARTS) is 1. The molecule has 6 heteroatoms. The van der Waals surface area contributed by atoms with Crippen LogP contribution in [0.15, 0.2) is 24.3 Å². The Morgan fingerprint density at radius 2 is 2.10 bits per heavy atom. The van der Waals surface area contributed by atoms with Crippen molar-refractivity contribution in [2.24, 2.45) is 0 Å².